The smallest absolute Gasteiger partial charge is 0.306 e. The van der Waals surface area contributed by atoms with Gasteiger partial charge in [-0.25, -0.2) is 0 Å². The molecular formula is C59H114O6. The van der Waals surface area contributed by atoms with Gasteiger partial charge in [0.2, 0.25) is 0 Å². The molecule has 0 saturated carbocycles. The molecule has 1 unspecified atom stereocenters. The second kappa shape index (κ2) is 51.8. The van der Waals surface area contributed by atoms with Crippen molar-refractivity contribution in [2.24, 2.45) is 11.8 Å². The Morgan fingerprint density at radius 3 is 0.877 bits per heavy atom. The van der Waals surface area contributed by atoms with Crippen LogP contribution in [-0.2, 0) is 28.6 Å². The minimum atomic E-state index is -0.763. The van der Waals surface area contributed by atoms with Crippen LogP contribution < -0.4 is 0 Å². The monoisotopic (exact) mass is 919 g/mol. The number of ether oxygens (including phenoxy) is 3. The van der Waals surface area contributed by atoms with Crippen molar-refractivity contribution in [1.29, 1.82) is 0 Å². The summed E-state index contributed by atoms with van der Waals surface area (Å²) in [6.45, 7) is 11.4. The lowest BCUT2D eigenvalue weighted by Crippen LogP contribution is -2.30. The summed E-state index contributed by atoms with van der Waals surface area (Å²) in [5, 5.41) is 0. The SMILES string of the molecule is CCCCCCCCCCCCCCCCCCCC(=O)O[C@H](COC(=O)CCCCCCCCCCCCCCCCCC(C)C)COC(=O)CCCCCCCCCCC(C)CC. The molecule has 0 spiro atoms. The quantitative estimate of drug-likeness (QED) is 0.0344. The highest BCUT2D eigenvalue weighted by Gasteiger charge is 2.19. The molecule has 0 amide bonds. The van der Waals surface area contributed by atoms with Gasteiger partial charge in [0.1, 0.15) is 13.2 Å². The summed E-state index contributed by atoms with van der Waals surface area (Å²) >= 11 is 0. The maximum absolute atomic E-state index is 12.9. The van der Waals surface area contributed by atoms with Gasteiger partial charge < -0.3 is 14.2 Å². The van der Waals surface area contributed by atoms with E-state index in [0.29, 0.717) is 19.3 Å². The summed E-state index contributed by atoms with van der Waals surface area (Å²) in [6.07, 6.45) is 55.2. The Bertz CT molecular complexity index is 995. The Kier molecular flexibility index (Phi) is 50.5. The van der Waals surface area contributed by atoms with Gasteiger partial charge in [0.15, 0.2) is 6.10 Å². The van der Waals surface area contributed by atoms with Gasteiger partial charge in [-0.05, 0) is 31.1 Å². The highest BCUT2D eigenvalue weighted by molar-refractivity contribution is 5.71. The normalized spacial score (nSPS) is 12.5. The van der Waals surface area contributed by atoms with Crippen molar-refractivity contribution >= 4 is 17.9 Å². The molecular weight excluding hydrogens is 805 g/mol. The Labute approximate surface area is 406 Å². The van der Waals surface area contributed by atoms with Gasteiger partial charge in [-0.2, -0.15) is 0 Å². The van der Waals surface area contributed by atoms with Gasteiger partial charge in [0.25, 0.3) is 0 Å². The first-order chi connectivity index (χ1) is 31.8. The highest BCUT2D eigenvalue weighted by Crippen LogP contribution is 2.19. The molecule has 0 fully saturated rings. The number of hydrogen-bond acceptors (Lipinski definition) is 6. The molecule has 0 heterocycles. The first kappa shape index (κ1) is 63.4. The fourth-order valence-electron chi connectivity index (χ4n) is 9.02. The van der Waals surface area contributed by atoms with Crippen LogP contribution in [0.3, 0.4) is 0 Å². The van der Waals surface area contributed by atoms with Crippen LogP contribution in [-0.4, -0.2) is 37.2 Å². The lowest BCUT2D eigenvalue weighted by Gasteiger charge is -2.18. The summed E-state index contributed by atoms with van der Waals surface area (Å²) in [5.74, 6) is 0.857. The maximum atomic E-state index is 12.9. The highest BCUT2D eigenvalue weighted by atomic mass is 16.6. The molecule has 6 heteroatoms. The topological polar surface area (TPSA) is 78.9 Å². The lowest BCUT2D eigenvalue weighted by atomic mass is 9.99. The van der Waals surface area contributed by atoms with E-state index in [1.54, 1.807) is 0 Å². The standard InChI is InChI=1S/C59H114O6/c1-6-8-9-10-11-12-13-14-15-16-19-23-26-29-36-41-46-51-59(62)65-56(53-64-58(61)50-45-40-35-31-30-33-38-43-48-55(5)7-2)52-63-57(60)49-44-39-34-28-25-22-20-17-18-21-24-27-32-37-42-47-54(3)4/h54-56H,6-53H2,1-5H3/t55?,56-/m1/s1. The predicted octanol–water partition coefficient (Wildman–Crippen LogP) is 19.3. The summed E-state index contributed by atoms with van der Waals surface area (Å²) in [6, 6.07) is 0. The van der Waals surface area contributed by atoms with E-state index in [-0.39, 0.29) is 31.1 Å². The van der Waals surface area contributed by atoms with Crippen LogP contribution in [0.25, 0.3) is 0 Å². The van der Waals surface area contributed by atoms with E-state index in [4.69, 9.17) is 14.2 Å². The van der Waals surface area contributed by atoms with Gasteiger partial charge in [0, 0.05) is 19.3 Å². The van der Waals surface area contributed by atoms with Gasteiger partial charge in [-0.3, -0.25) is 14.4 Å². The van der Waals surface area contributed by atoms with Crippen LogP contribution in [0.1, 0.15) is 330 Å². The van der Waals surface area contributed by atoms with Crippen molar-refractivity contribution in [1.82, 2.24) is 0 Å². The number of carbonyl (C=O) groups excluding carboxylic acids is 3. The Hall–Kier alpha value is -1.59. The van der Waals surface area contributed by atoms with Crippen molar-refractivity contribution < 1.29 is 28.6 Å². The van der Waals surface area contributed by atoms with Crippen LogP contribution in [0.2, 0.25) is 0 Å². The fraction of sp³-hybridized carbons (Fsp3) is 0.949. The van der Waals surface area contributed by atoms with E-state index < -0.39 is 6.10 Å². The molecule has 0 radical (unpaired) electrons. The van der Waals surface area contributed by atoms with Crippen LogP contribution in [0.4, 0.5) is 0 Å². The van der Waals surface area contributed by atoms with E-state index in [0.717, 1.165) is 69.6 Å². The summed E-state index contributed by atoms with van der Waals surface area (Å²) in [4.78, 5) is 38.1. The fourth-order valence-corrected chi connectivity index (χ4v) is 9.02. The molecule has 0 bridgehead atoms. The predicted molar refractivity (Wildman–Crippen MR) is 280 cm³/mol. The first-order valence-corrected chi connectivity index (χ1v) is 29.3. The van der Waals surface area contributed by atoms with E-state index in [2.05, 4.69) is 34.6 Å². The number of carbonyl (C=O) groups is 3. The summed E-state index contributed by atoms with van der Waals surface area (Å²) in [7, 11) is 0. The molecule has 6 nitrogen and oxygen atoms in total. The third-order valence-electron chi connectivity index (χ3n) is 13.8. The average molecular weight is 920 g/mol. The van der Waals surface area contributed by atoms with Crippen molar-refractivity contribution in [2.45, 2.75) is 336 Å². The lowest BCUT2D eigenvalue weighted by molar-refractivity contribution is -0.167. The van der Waals surface area contributed by atoms with E-state index in [9.17, 15) is 14.4 Å². The van der Waals surface area contributed by atoms with Gasteiger partial charge in [-0.1, -0.05) is 291 Å². The molecule has 0 aliphatic heterocycles. The number of rotatable bonds is 53. The Balaban J connectivity index is 4.28. The molecule has 0 saturated heterocycles. The first-order valence-electron chi connectivity index (χ1n) is 29.3. The molecule has 0 N–H and O–H groups in total. The minimum Gasteiger partial charge on any atom is -0.462 e. The minimum absolute atomic E-state index is 0.0629. The Morgan fingerprint density at radius 2 is 0.585 bits per heavy atom. The number of hydrogen-bond donors (Lipinski definition) is 0. The molecule has 0 rings (SSSR count). The average Bonchev–Trinajstić information content (AvgIpc) is 3.29. The summed E-state index contributed by atoms with van der Waals surface area (Å²) in [5.41, 5.74) is 0. The molecule has 386 valence electrons. The zero-order valence-electron chi connectivity index (χ0n) is 44.6. The molecule has 65 heavy (non-hydrogen) atoms. The maximum Gasteiger partial charge on any atom is 0.306 e. The zero-order chi connectivity index (χ0) is 47.5. The molecule has 0 aromatic carbocycles. The molecule has 0 aliphatic carbocycles. The molecule has 0 aliphatic rings. The van der Waals surface area contributed by atoms with E-state index in [1.807, 2.05) is 0 Å². The van der Waals surface area contributed by atoms with Crippen LogP contribution >= 0.6 is 0 Å². The van der Waals surface area contributed by atoms with Crippen LogP contribution in [0.15, 0.2) is 0 Å². The molecule has 2 atom stereocenters. The largest absolute Gasteiger partial charge is 0.462 e. The second-order valence-corrected chi connectivity index (χ2v) is 21.0. The molecule has 0 aromatic rings. The number of esters is 3. The Morgan fingerprint density at radius 1 is 0.323 bits per heavy atom. The zero-order valence-corrected chi connectivity index (χ0v) is 44.6. The third-order valence-corrected chi connectivity index (χ3v) is 13.8. The van der Waals surface area contributed by atoms with Gasteiger partial charge in [-0.15, -0.1) is 0 Å². The second-order valence-electron chi connectivity index (χ2n) is 21.0. The van der Waals surface area contributed by atoms with Crippen LogP contribution in [0.5, 0.6) is 0 Å². The number of unbranched alkanes of at least 4 members (excludes halogenated alkanes) is 37. The summed E-state index contributed by atoms with van der Waals surface area (Å²) < 4.78 is 16.9. The van der Waals surface area contributed by atoms with Gasteiger partial charge >= 0.3 is 17.9 Å². The van der Waals surface area contributed by atoms with Crippen molar-refractivity contribution in [3.05, 3.63) is 0 Å². The van der Waals surface area contributed by atoms with E-state index in [1.165, 1.54) is 218 Å². The van der Waals surface area contributed by atoms with Crippen molar-refractivity contribution in [3.63, 3.8) is 0 Å². The third kappa shape index (κ3) is 51.6. The van der Waals surface area contributed by atoms with Crippen LogP contribution in [0, 0.1) is 11.8 Å². The molecule has 0 aromatic heterocycles. The van der Waals surface area contributed by atoms with Crippen molar-refractivity contribution in [3.8, 4) is 0 Å². The van der Waals surface area contributed by atoms with E-state index >= 15 is 0 Å². The van der Waals surface area contributed by atoms with Gasteiger partial charge in [0.05, 0.1) is 0 Å². The van der Waals surface area contributed by atoms with Crippen molar-refractivity contribution in [2.75, 3.05) is 13.2 Å².